The Morgan fingerprint density at radius 1 is 1.15 bits per heavy atom. The average Bonchev–Trinajstić information content (AvgIpc) is 3.64. The largest absolute Gasteiger partial charge is 0.490 e. The number of halogens is 4. The summed E-state index contributed by atoms with van der Waals surface area (Å²) < 4.78 is 45.2. The number of pyridine rings is 1. The van der Waals surface area contributed by atoms with Crippen molar-refractivity contribution in [2.24, 2.45) is 0 Å². The van der Waals surface area contributed by atoms with E-state index in [0.29, 0.717) is 22.2 Å². The molecule has 4 N–H and O–H groups in total. The second kappa shape index (κ2) is 10.5. The minimum Gasteiger partial charge on any atom is -0.475 e. The number of carboxylic acid groups (broad SMARTS) is 1. The third kappa shape index (κ3) is 5.29. The van der Waals surface area contributed by atoms with E-state index in [1.165, 1.54) is 11.5 Å². The summed E-state index contributed by atoms with van der Waals surface area (Å²) in [7, 11) is 0. The number of nitrogen functional groups attached to an aromatic ring is 1. The van der Waals surface area contributed by atoms with Crippen LogP contribution in [-0.4, -0.2) is 47.6 Å². The van der Waals surface area contributed by atoms with Crippen molar-refractivity contribution in [3.05, 3.63) is 48.0 Å². The second-order valence-electron chi connectivity index (χ2n) is 9.03. The van der Waals surface area contributed by atoms with Gasteiger partial charge in [-0.15, -0.1) is 0 Å². The maximum atomic E-state index is 10.6. The molecular formula is C25H21ClF3N5O4S. The molecule has 1 aromatic carbocycles. The Kier molecular flexibility index (Phi) is 7.23. The summed E-state index contributed by atoms with van der Waals surface area (Å²) in [4.78, 5) is 13.3. The van der Waals surface area contributed by atoms with Crippen LogP contribution in [0.25, 0.3) is 43.5 Å². The number of aliphatic carboxylic acids is 1. The first-order valence-electron chi connectivity index (χ1n) is 11.8. The molecule has 6 rings (SSSR count). The first-order chi connectivity index (χ1) is 18.5. The number of hydrogen-bond acceptors (Lipinski definition) is 8. The fraction of sp³-hybridized carbons (Fsp3) is 0.280. The fourth-order valence-electron chi connectivity index (χ4n) is 4.55. The van der Waals surface area contributed by atoms with Gasteiger partial charge in [0.1, 0.15) is 0 Å². The number of furan rings is 1. The third-order valence-corrected chi connectivity index (χ3v) is 7.72. The van der Waals surface area contributed by atoms with Crippen LogP contribution in [0.15, 0.2) is 47.4 Å². The molecule has 1 aliphatic rings. The van der Waals surface area contributed by atoms with Gasteiger partial charge in [0.25, 0.3) is 0 Å². The van der Waals surface area contributed by atoms with Gasteiger partial charge < -0.3 is 20.4 Å². The van der Waals surface area contributed by atoms with Gasteiger partial charge in [-0.05, 0) is 43.3 Å². The van der Waals surface area contributed by atoms with Gasteiger partial charge in [-0.3, -0.25) is 4.68 Å². The molecule has 0 amide bonds. The number of aliphatic hydroxyl groups is 1. The molecule has 9 nitrogen and oxygen atoms in total. The number of benzene rings is 1. The molecule has 0 radical (unpaired) electrons. The maximum Gasteiger partial charge on any atom is 0.490 e. The number of nitrogens with two attached hydrogens (primary N) is 1. The average molecular weight is 580 g/mol. The van der Waals surface area contributed by atoms with Crippen LogP contribution in [0.2, 0.25) is 5.02 Å². The molecule has 204 valence electrons. The number of aromatic nitrogens is 4. The van der Waals surface area contributed by atoms with E-state index in [1.807, 2.05) is 41.5 Å². The quantitative estimate of drug-likeness (QED) is 0.226. The van der Waals surface area contributed by atoms with E-state index in [9.17, 15) is 18.3 Å². The Balaban J connectivity index is 0.000000392. The minimum atomic E-state index is -5.08. The summed E-state index contributed by atoms with van der Waals surface area (Å²) in [5.74, 6) is -1.90. The van der Waals surface area contributed by atoms with Gasteiger partial charge >= 0.3 is 12.1 Å². The molecule has 14 heteroatoms. The number of fused-ring (bicyclic) bond motifs is 2. The van der Waals surface area contributed by atoms with Crippen molar-refractivity contribution in [1.29, 1.82) is 0 Å². The van der Waals surface area contributed by atoms with Crippen LogP contribution in [-0.2, 0) is 4.79 Å². The molecule has 1 saturated carbocycles. The van der Waals surface area contributed by atoms with Gasteiger partial charge in [-0.25, -0.2) is 9.78 Å². The van der Waals surface area contributed by atoms with E-state index < -0.39 is 12.1 Å². The Hall–Kier alpha value is -3.68. The number of anilines is 1. The molecule has 0 bridgehead atoms. The summed E-state index contributed by atoms with van der Waals surface area (Å²) in [5.41, 5.74) is 9.25. The minimum absolute atomic E-state index is 0.201. The normalized spacial score (nSPS) is 17.8. The number of rotatable bonds is 3. The fourth-order valence-corrected chi connectivity index (χ4v) is 5.64. The van der Waals surface area contributed by atoms with Crippen LogP contribution in [0.1, 0.15) is 31.7 Å². The van der Waals surface area contributed by atoms with Crippen molar-refractivity contribution in [2.75, 3.05) is 5.73 Å². The summed E-state index contributed by atoms with van der Waals surface area (Å²) in [6.45, 7) is 0. The lowest BCUT2D eigenvalue weighted by Crippen LogP contribution is -2.21. The van der Waals surface area contributed by atoms with E-state index >= 15 is 0 Å². The summed E-state index contributed by atoms with van der Waals surface area (Å²) >= 11 is 8.31. The Morgan fingerprint density at radius 2 is 1.87 bits per heavy atom. The number of hydrogen-bond donors (Lipinski definition) is 3. The van der Waals surface area contributed by atoms with E-state index in [1.54, 1.807) is 6.20 Å². The van der Waals surface area contributed by atoms with Crippen molar-refractivity contribution in [3.63, 3.8) is 0 Å². The highest BCUT2D eigenvalue weighted by molar-refractivity contribution is 7.13. The highest BCUT2D eigenvalue weighted by Gasteiger charge is 2.38. The number of carbonyl (C=O) groups is 1. The molecule has 1 fully saturated rings. The lowest BCUT2D eigenvalue weighted by molar-refractivity contribution is -0.192. The van der Waals surface area contributed by atoms with Crippen LogP contribution in [0.4, 0.5) is 19.0 Å². The molecule has 4 aromatic heterocycles. The first kappa shape index (κ1) is 26.9. The van der Waals surface area contributed by atoms with Gasteiger partial charge in [0.2, 0.25) is 0 Å². The van der Waals surface area contributed by atoms with Crippen LogP contribution >= 0.6 is 23.1 Å². The number of carboxylic acids is 1. The van der Waals surface area contributed by atoms with E-state index in [0.717, 1.165) is 57.8 Å². The Morgan fingerprint density at radius 3 is 2.56 bits per heavy atom. The predicted molar refractivity (Wildman–Crippen MR) is 140 cm³/mol. The maximum absolute atomic E-state index is 10.6. The highest BCUT2D eigenvalue weighted by Crippen LogP contribution is 2.45. The standard InChI is InChI=1S/C23H20ClN5O2S.C2HF3O2/c24-19-18-17(13-8-27-29(11-13)14-4-6-15(30)7-5-14)10-26-23(25)21(18)31-20(19)16-3-1-2-12-9-28-32-22(12)16;3-2(4,5)1(6)7/h1-3,8-11,14-15,30H,4-7H2,(H2,25,26);(H,6,7)/t14-,15-;. The molecule has 1 aliphatic carbocycles. The molecule has 5 aromatic rings. The predicted octanol–water partition coefficient (Wildman–Crippen LogP) is 6.31. The topological polar surface area (TPSA) is 140 Å². The molecule has 4 heterocycles. The molecular weight excluding hydrogens is 559 g/mol. The van der Waals surface area contributed by atoms with Gasteiger partial charge in [-0.1, -0.05) is 23.7 Å². The lowest BCUT2D eigenvalue weighted by atomic mass is 9.93. The van der Waals surface area contributed by atoms with Gasteiger partial charge in [0, 0.05) is 40.7 Å². The molecule has 39 heavy (non-hydrogen) atoms. The zero-order chi connectivity index (χ0) is 27.9. The van der Waals surface area contributed by atoms with Crippen molar-refractivity contribution >= 4 is 56.0 Å². The van der Waals surface area contributed by atoms with Crippen molar-refractivity contribution in [3.8, 4) is 22.5 Å². The second-order valence-corrected chi connectivity index (χ2v) is 10.2. The van der Waals surface area contributed by atoms with E-state index in [2.05, 4.69) is 14.5 Å². The SMILES string of the molecule is Nc1ncc(-c2cnn([C@H]3CC[C@H](O)CC3)c2)c2c(Cl)c(-c3cccc4cnsc34)oc12.O=C(O)C(F)(F)F. The number of alkyl halides is 3. The summed E-state index contributed by atoms with van der Waals surface area (Å²) in [5, 5.41) is 23.8. The Labute approximate surface area is 227 Å². The molecule has 0 saturated heterocycles. The molecule has 0 unspecified atom stereocenters. The molecule has 0 atom stereocenters. The van der Waals surface area contributed by atoms with Crippen LogP contribution < -0.4 is 5.73 Å². The zero-order valence-electron chi connectivity index (χ0n) is 20.0. The van der Waals surface area contributed by atoms with Crippen molar-refractivity contribution in [1.82, 2.24) is 19.1 Å². The monoisotopic (exact) mass is 579 g/mol. The van der Waals surface area contributed by atoms with Gasteiger partial charge in [0.15, 0.2) is 17.2 Å². The Bertz CT molecular complexity index is 1660. The van der Waals surface area contributed by atoms with E-state index in [4.69, 9.17) is 31.7 Å². The first-order valence-corrected chi connectivity index (χ1v) is 12.9. The molecule has 0 spiro atoms. The van der Waals surface area contributed by atoms with Crippen LogP contribution in [0.3, 0.4) is 0 Å². The van der Waals surface area contributed by atoms with Gasteiger partial charge in [-0.2, -0.15) is 22.6 Å². The van der Waals surface area contributed by atoms with Crippen molar-refractivity contribution in [2.45, 2.75) is 44.0 Å². The van der Waals surface area contributed by atoms with Crippen LogP contribution in [0, 0.1) is 0 Å². The number of nitrogens with zero attached hydrogens (tertiary/aromatic N) is 4. The molecule has 0 aliphatic heterocycles. The number of aliphatic hydroxyl groups excluding tert-OH is 1. The smallest absolute Gasteiger partial charge is 0.475 e. The van der Waals surface area contributed by atoms with Crippen molar-refractivity contribution < 1.29 is 32.6 Å². The van der Waals surface area contributed by atoms with E-state index in [-0.39, 0.29) is 12.1 Å². The zero-order valence-corrected chi connectivity index (χ0v) is 21.6. The van der Waals surface area contributed by atoms with Crippen LogP contribution in [0.5, 0.6) is 0 Å². The summed E-state index contributed by atoms with van der Waals surface area (Å²) in [6, 6.07) is 6.23. The highest BCUT2D eigenvalue weighted by atomic mass is 35.5. The van der Waals surface area contributed by atoms with Gasteiger partial charge in [0.05, 0.1) is 33.5 Å². The summed E-state index contributed by atoms with van der Waals surface area (Å²) in [6.07, 6.45) is 5.53. The lowest BCUT2D eigenvalue weighted by Gasteiger charge is -2.25. The third-order valence-electron chi connectivity index (χ3n) is 6.51.